The van der Waals surface area contributed by atoms with Crippen LogP contribution in [0, 0.1) is 0 Å². The molecule has 1 aromatic rings. The lowest BCUT2D eigenvalue weighted by atomic mass is 10.00. The quantitative estimate of drug-likeness (QED) is 0.793. The average molecular weight is 254 g/mol. The molecule has 0 saturated carbocycles. The first-order valence-corrected chi connectivity index (χ1v) is 6.56. The van der Waals surface area contributed by atoms with Gasteiger partial charge in [-0.3, -0.25) is 0 Å². The van der Waals surface area contributed by atoms with Gasteiger partial charge in [-0.05, 0) is 38.8 Å². The molecule has 17 heavy (non-hydrogen) atoms. The highest BCUT2D eigenvalue weighted by atomic mass is 35.5. The molecule has 1 fully saturated rings. The molecule has 0 aliphatic carbocycles. The van der Waals surface area contributed by atoms with Crippen molar-refractivity contribution in [2.45, 2.75) is 45.2 Å². The van der Waals surface area contributed by atoms with Crippen LogP contribution in [0.25, 0.3) is 0 Å². The van der Waals surface area contributed by atoms with E-state index in [0.717, 1.165) is 5.69 Å². The van der Waals surface area contributed by atoms with Crippen molar-refractivity contribution in [2.75, 3.05) is 11.2 Å². The number of halogens is 1. The number of hydrazine groups is 1. The lowest BCUT2D eigenvalue weighted by Gasteiger charge is -2.39. The van der Waals surface area contributed by atoms with Crippen molar-refractivity contribution in [1.29, 1.82) is 0 Å². The number of hydrogen-bond acceptors (Lipinski definition) is 3. The fourth-order valence-electron chi connectivity index (χ4n) is 2.43. The van der Waals surface area contributed by atoms with Crippen molar-refractivity contribution in [3.05, 3.63) is 23.2 Å². The SMILES string of the molecule is CC1CCCC(C)N1Nc1c(N)cccc1Cl. The predicted octanol–water partition coefficient (Wildman–Crippen LogP) is 3.51. The summed E-state index contributed by atoms with van der Waals surface area (Å²) in [4.78, 5) is 0. The van der Waals surface area contributed by atoms with E-state index in [2.05, 4.69) is 24.3 Å². The Hall–Kier alpha value is -0.930. The maximum Gasteiger partial charge on any atom is 0.0909 e. The van der Waals surface area contributed by atoms with Crippen LogP contribution in [0.1, 0.15) is 33.1 Å². The molecular formula is C13H20ClN3. The minimum atomic E-state index is 0.509. The molecule has 1 saturated heterocycles. The van der Waals surface area contributed by atoms with Crippen molar-refractivity contribution < 1.29 is 0 Å². The Balaban J connectivity index is 2.19. The molecule has 0 radical (unpaired) electrons. The van der Waals surface area contributed by atoms with E-state index in [1.165, 1.54) is 19.3 Å². The van der Waals surface area contributed by atoms with Crippen LogP contribution in [0.15, 0.2) is 18.2 Å². The molecular weight excluding hydrogens is 234 g/mol. The maximum atomic E-state index is 6.18. The van der Waals surface area contributed by atoms with Gasteiger partial charge in [0.25, 0.3) is 0 Å². The van der Waals surface area contributed by atoms with E-state index in [0.29, 0.717) is 22.8 Å². The Morgan fingerprint density at radius 3 is 2.53 bits per heavy atom. The summed E-state index contributed by atoms with van der Waals surface area (Å²) >= 11 is 6.18. The van der Waals surface area contributed by atoms with Gasteiger partial charge in [0.05, 0.1) is 16.4 Å². The lowest BCUT2D eigenvalue weighted by Crippen LogP contribution is -2.47. The predicted molar refractivity (Wildman–Crippen MR) is 74.1 cm³/mol. The minimum absolute atomic E-state index is 0.509. The fourth-order valence-corrected chi connectivity index (χ4v) is 2.65. The molecule has 94 valence electrons. The van der Waals surface area contributed by atoms with Crippen LogP contribution < -0.4 is 11.2 Å². The molecule has 4 heteroatoms. The number of anilines is 2. The summed E-state index contributed by atoms with van der Waals surface area (Å²) in [5, 5.41) is 2.94. The van der Waals surface area contributed by atoms with Gasteiger partial charge in [0, 0.05) is 12.1 Å². The highest BCUT2D eigenvalue weighted by Crippen LogP contribution is 2.31. The van der Waals surface area contributed by atoms with E-state index in [4.69, 9.17) is 17.3 Å². The Kier molecular flexibility index (Phi) is 3.79. The van der Waals surface area contributed by atoms with E-state index < -0.39 is 0 Å². The number of nitrogens with zero attached hydrogens (tertiary/aromatic N) is 1. The number of piperidine rings is 1. The largest absolute Gasteiger partial charge is 0.397 e. The van der Waals surface area contributed by atoms with Gasteiger partial charge in [0.15, 0.2) is 0 Å². The zero-order valence-electron chi connectivity index (χ0n) is 10.4. The summed E-state index contributed by atoms with van der Waals surface area (Å²) in [7, 11) is 0. The summed E-state index contributed by atoms with van der Waals surface area (Å²) in [5.74, 6) is 0. The van der Waals surface area contributed by atoms with Gasteiger partial charge < -0.3 is 11.2 Å². The second kappa shape index (κ2) is 5.15. The van der Waals surface area contributed by atoms with Gasteiger partial charge in [0.1, 0.15) is 0 Å². The molecule has 0 amide bonds. The standard InChI is InChI=1S/C13H20ClN3/c1-9-5-3-6-10(2)17(9)16-13-11(14)7-4-8-12(13)15/h4,7-10,16H,3,5-6,15H2,1-2H3. The van der Waals surface area contributed by atoms with Crippen molar-refractivity contribution in [3.63, 3.8) is 0 Å². The number of para-hydroxylation sites is 1. The molecule has 1 heterocycles. The topological polar surface area (TPSA) is 41.3 Å². The molecule has 3 nitrogen and oxygen atoms in total. The van der Waals surface area contributed by atoms with Crippen molar-refractivity contribution in [1.82, 2.24) is 5.01 Å². The van der Waals surface area contributed by atoms with Gasteiger partial charge in [-0.1, -0.05) is 24.1 Å². The van der Waals surface area contributed by atoms with Crippen molar-refractivity contribution in [3.8, 4) is 0 Å². The van der Waals surface area contributed by atoms with Crippen LogP contribution in [0.5, 0.6) is 0 Å². The first-order valence-electron chi connectivity index (χ1n) is 6.18. The molecule has 0 bridgehead atoms. The van der Waals surface area contributed by atoms with Crippen LogP contribution >= 0.6 is 11.6 Å². The highest BCUT2D eigenvalue weighted by molar-refractivity contribution is 6.33. The Morgan fingerprint density at radius 1 is 1.29 bits per heavy atom. The number of benzene rings is 1. The summed E-state index contributed by atoms with van der Waals surface area (Å²) in [6, 6.07) is 6.61. The number of nitrogens with one attached hydrogen (secondary N) is 1. The van der Waals surface area contributed by atoms with Gasteiger partial charge >= 0.3 is 0 Å². The third kappa shape index (κ3) is 2.67. The van der Waals surface area contributed by atoms with Crippen LogP contribution in [0.2, 0.25) is 5.02 Å². The zero-order valence-corrected chi connectivity index (χ0v) is 11.2. The monoisotopic (exact) mass is 253 g/mol. The molecule has 0 aromatic heterocycles. The minimum Gasteiger partial charge on any atom is -0.397 e. The fraction of sp³-hybridized carbons (Fsp3) is 0.538. The van der Waals surface area contributed by atoms with Crippen molar-refractivity contribution >= 4 is 23.0 Å². The number of hydrogen-bond donors (Lipinski definition) is 2. The van der Waals surface area contributed by atoms with E-state index >= 15 is 0 Å². The molecule has 1 aromatic carbocycles. The highest BCUT2D eigenvalue weighted by Gasteiger charge is 2.25. The third-order valence-electron chi connectivity index (χ3n) is 3.48. The van der Waals surface area contributed by atoms with E-state index in [9.17, 15) is 0 Å². The summed E-state index contributed by atoms with van der Waals surface area (Å²) < 4.78 is 0. The Labute approximate surface area is 108 Å². The first kappa shape index (κ1) is 12.5. The van der Waals surface area contributed by atoms with Gasteiger partial charge in [-0.15, -0.1) is 0 Å². The summed E-state index contributed by atoms with van der Waals surface area (Å²) in [6.45, 7) is 4.46. The second-order valence-electron chi connectivity index (χ2n) is 4.85. The Bertz CT molecular complexity index is 364. The molecule has 2 unspecified atom stereocenters. The van der Waals surface area contributed by atoms with Crippen molar-refractivity contribution in [2.24, 2.45) is 0 Å². The van der Waals surface area contributed by atoms with Crippen LogP contribution in [-0.2, 0) is 0 Å². The molecule has 1 aliphatic rings. The number of rotatable bonds is 2. The van der Waals surface area contributed by atoms with Crippen LogP contribution in [0.4, 0.5) is 11.4 Å². The lowest BCUT2D eigenvalue weighted by molar-refractivity contribution is 0.136. The molecule has 2 atom stereocenters. The van der Waals surface area contributed by atoms with Crippen LogP contribution in [0.3, 0.4) is 0 Å². The molecule has 3 N–H and O–H groups in total. The smallest absolute Gasteiger partial charge is 0.0909 e. The van der Waals surface area contributed by atoms with Gasteiger partial charge in [-0.25, -0.2) is 5.01 Å². The number of nitrogens with two attached hydrogens (primary N) is 1. The normalized spacial score (nSPS) is 25.8. The molecule has 0 spiro atoms. The zero-order chi connectivity index (χ0) is 12.4. The number of nitrogen functional groups attached to an aromatic ring is 1. The third-order valence-corrected chi connectivity index (χ3v) is 3.80. The summed E-state index contributed by atoms with van der Waals surface area (Å²) in [5.41, 5.74) is 10.9. The summed E-state index contributed by atoms with van der Waals surface area (Å²) in [6.07, 6.45) is 3.71. The first-order chi connectivity index (χ1) is 8.09. The average Bonchev–Trinajstić information content (AvgIpc) is 2.27. The maximum absolute atomic E-state index is 6.18. The van der Waals surface area contributed by atoms with E-state index in [-0.39, 0.29) is 0 Å². The van der Waals surface area contributed by atoms with E-state index in [1.54, 1.807) is 0 Å². The molecule has 2 rings (SSSR count). The Morgan fingerprint density at radius 2 is 1.94 bits per heavy atom. The van der Waals surface area contributed by atoms with Crippen LogP contribution in [-0.4, -0.2) is 17.1 Å². The van der Waals surface area contributed by atoms with Gasteiger partial charge in [-0.2, -0.15) is 0 Å². The second-order valence-corrected chi connectivity index (χ2v) is 5.26. The molecule has 1 aliphatic heterocycles. The van der Waals surface area contributed by atoms with E-state index in [1.807, 2.05) is 18.2 Å². The van der Waals surface area contributed by atoms with Gasteiger partial charge in [0.2, 0.25) is 0 Å².